The number of aryl methyl sites for hydroxylation is 1. The molecule has 0 atom stereocenters. The summed E-state index contributed by atoms with van der Waals surface area (Å²) in [6.45, 7) is 6.02. The second-order valence-corrected chi connectivity index (χ2v) is 10.3. The van der Waals surface area contributed by atoms with Crippen LogP contribution in [0.3, 0.4) is 0 Å². The number of aromatic nitrogens is 6. The Morgan fingerprint density at radius 1 is 1.05 bits per heavy atom. The van der Waals surface area contributed by atoms with Crippen LogP contribution in [0.1, 0.15) is 5.56 Å². The van der Waals surface area contributed by atoms with E-state index < -0.39 is 0 Å². The van der Waals surface area contributed by atoms with Crippen LogP contribution < -0.4 is 19.7 Å². The van der Waals surface area contributed by atoms with E-state index in [1.807, 2.05) is 43.5 Å². The van der Waals surface area contributed by atoms with Crippen LogP contribution in [-0.2, 0) is 4.74 Å². The van der Waals surface area contributed by atoms with Crippen LogP contribution in [0.2, 0.25) is 0 Å². The Labute approximate surface area is 230 Å². The molecule has 2 aliphatic heterocycles. The van der Waals surface area contributed by atoms with Crippen LogP contribution in [0.25, 0.3) is 16.6 Å². The van der Waals surface area contributed by atoms with Gasteiger partial charge in [0.2, 0.25) is 5.88 Å². The highest BCUT2D eigenvalue weighted by atomic mass is 16.5. The topological polar surface area (TPSA) is 115 Å². The molecule has 1 spiro atoms. The van der Waals surface area contributed by atoms with Crippen molar-refractivity contribution in [3.8, 4) is 17.4 Å². The van der Waals surface area contributed by atoms with Crippen molar-refractivity contribution in [2.24, 2.45) is 0 Å². The second kappa shape index (κ2) is 9.57. The number of ether oxygens (including phenoxy) is 3. The molecule has 6 heterocycles. The van der Waals surface area contributed by atoms with Gasteiger partial charge >= 0.3 is 0 Å². The van der Waals surface area contributed by atoms with Crippen molar-refractivity contribution >= 4 is 33.7 Å². The van der Waals surface area contributed by atoms with Gasteiger partial charge in [-0.3, -0.25) is 4.90 Å². The first-order valence-corrected chi connectivity index (χ1v) is 13.1. The molecule has 2 fully saturated rings. The van der Waals surface area contributed by atoms with Gasteiger partial charge in [-0.05, 0) is 43.8 Å². The highest BCUT2D eigenvalue weighted by Gasteiger charge is 2.49. The molecule has 12 nitrogen and oxygen atoms in total. The number of rotatable bonds is 6. The van der Waals surface area contributed by atoms with E-state index >= 15 is 0 Å². The van der Waals surface area contributed by atoms with E-state index in [1.54, 1.807) is 24.1 Å². The van der Waals surface area contributed by atoms with Gasteiger partial charge in [-0.2, -0.15) is 5.10 Å². The van der Waals surface area contributed by atoms with E-state index in [0.717, 1.165) is 65.5 Å². The molecular weight excluding hydrogens is 510 g/mol. The van der Waals surface area contributed by atoms with Gasteiger partial charge in [0, 0.05) is 37.6 Å². The maximum absolute atomic E-state index is 6.15. The van der Waals surface area contributed by atoms with Gasteiger partial charge in [-0.25, -0.2) is 24.5 Å². The molecular formula is C28H29N9O3. The molecule has 1 aromatic carbocycles. The Bertz CT molecular complexity index is 1720. The molecule has 2 aliphatic rings. The monoisotopic (exact) mass is 539 g/mol. The van der Waals surface area contributed by atoms with E-state index in [2.05, 4.69) is 47.2 Å². The van der Waals surface area contributed by atoms with E-state index in [1.165, 1.54) is 6.33 Å². The average Bonchev–Trinajstić information content (AvgIpc) is 3.41. The smallest absolute Gasteiger partial charge is 0.238 e. The fraction of sp³-hybridized carbons (Fsp3) is 0.321. The molecule has 5 aromatic rings. The molecule has 0 aliphatic carbocycles. The lowest BCUT2D eigenvalue weighted by Gasteiger charge is -2.57. The van der Waals surface area contributed by atoms with E-state index in [4.69, 9.17) is 14.2 Å². The lowest BCUT2D eigenvalue weighted by Crippen LogP contribution is -2.73. The minimum absolute atomic E-state index is 0.0137. The summed E-state index contributed by atoms with van der Waals surface area (Å²) in [6, 6.07) is 9.66. The molecule has 40 heavy (non-hydrogen) atoms. The second-order valence-electron chi connectivity index (χ2n) is 10.3. The van der Waals surface area contributed by atoms with Crippen molar-refractivity contribution in [2.75, 3.05) is 57.2 Å². The average molecular weight is 540 g/mol. The maximum Gasteiger partial charge on any atom is 0.238 e. The van der Waals surface area contributed by atoms with Gasteiger partial charge in [-0.15, -0.1) is 0 Å². The van der Waals surface area contributed by atoms with Crippen LogP contribution in [0.4, 0.5) is 17.2 Å². The summed E-state index contributed by atoms with van der Waals surface area (Å²) in [7, 11) is 3.81. The number of morpholine rings is 1. The summed E-state index contributed by atoms with van der Waals surface area (Å²) in [4.78, 5) is 22.6. The number of anilines is 3. The van der Waals surface area contributed by atoms with Crippen molar-refractivity contribution in [1.82, 2.24) is 34.4 Å². The number of pyridine rings is 2. The van der Waals surface area contributed by atoms with E-state index in [0.29, 0.717) is 24.1 Å². The Morgan fingerprint density at radius 3 is 2.77 bits per heavy atom. The van der Waals surface area contributed by atoms with Crippen molar-refractivity contribution in [1.29, 1.82) is 0 Å². The standard InChI is InChI=1S/C28H29N9O3/c1-18-10-19(4-5-22(18)40-20-6-7-37-23(11-20)31-17-33-37)34-26-24-21(30-16-32-26)12-29-27(38-3)25(24)36-13-28(14-36)15-39-9-8-35(28)2/h4-7,10-12,16-17H,8-9,13-15H2,1-3H3,(H,30,32,34). The molecule has 7 rings (SSSR count). The number of fused-ring (bicyclic) bond motifs is 2. The molecule has 2 saturated heterocycles. The first kappa shape index (κ1) is 24.5. The van der Waals surface area contributed by atoms with Crippen molar-refractivity contribution in [3.63, 3.8) is 0 Å². The maximum atomic E-state index is 6.15. The molecule has 0 saturated carbocycles. The zero-order valence-corrected chi connectivity index (χ0v) is 22.5. The molecule has 1 N–H and O–H groups in total. The zero-order valence-electron chi connectivity index (χ0n) is 22.5. The first-order chi connectivity index (χ1) is 19.5. The quantitative estimate of drug-likeness (QED) is 0.342. The number of hydrogen-bond acceptors (Lipinski definition) is 11. The number of likely N-dealkylation sites (N-methyl/N-ethyl adjacent to an activating group) is 1. The summed E-state index contributed by atoms with van der Waals surface area (Å²) < 4.78 is 19.4. The van der Waals surface area contributed by atoms with Gasteiger partial charge in [0.25, 0.3) is 0 Å². The Hall–Kier alpha value is -4.55. The summed E-state index contributed by atoms with van der Waals surface area (Å²) in [6.07, 6.45) is 6.61. The Morgan fingerprint density at radius 2 is 1.95 bits per heavy atom. The molecule has 0 amide bonds. The van der Waals surface area contributed by atoms with Crippen LogP contribution in [-0.4, -0.2) is 87.0 Å². The Balaban J connectivity index is 1.19. The first-order valence-electron chi connectivity index (χ1n) is 13.1. The lowest BCUT2D eigenvalue weighted by molar-refractivity contribution is -0.0691. The predicted molar refractivity (Wildman–Crippen MR) is 150 cm³/mol. The summed E-state index contributed by atoms with van der Waals surface area (Å²) in [5, 5.41) is 8.49. The van der Waals surface area contributed by atoms with Gasteiger partial charge in [-0.1, -0.05) is 0 Å². The zero-order chi connectivity index (χ0) is 27.3. The van der Waals surface area contributed by atoms with Crippen LogP contribution in [0.5, 0.6) is 17.4 Å². The minimum atomic E-state index is -0.0137. The van der Waals surface area contributed by atoms with Gasteiger partial charge in [0.05, 0.1) is 43.0 Å². The van der Waals surface area contributed by atoms with Crippen LogP contribution >= 0.6 is 0 Å². The van der Waals surface area contributed by atoms with E-state index in [9.17, 15) is 0 Å². The normalized spacial score (nSPS) is 16.8. The number of nitrogens with zero attached hydrogens (tertiary/aromatic N) is 8. The van der Waals surface area contributed by atoms with Crippen LogP contribution in [0.15, 0.2) is 55.4 Å². The van der Waals surface area contributed by atoms with Gasteiger partial charge in [0.1, 0.15) is 35.7 Å². The third-order valence-corrected chi connectivity index (χ3v) is 7.77. The third kappa shape index (κ3) is 4.12. The highest BCUT2D eigenvalue weighted by molar-refractivity contribution is 6.02. The Kier molecular flexibility index (Phi) is 5.86. The summed E-state index contributed by atoms with van der Waals surface area (Å²) in [5.41, 5.74) is 4.17. The summed E-state index contributed by atoms with van der Waals surface area (Å²) in [5.74, 6) is 2.67. The fourth-order valence-electron chi connectivity index (χ4n) is 5.49. The molecule has 0 bridgehead atoms. The fourth-order valence-corrected chi connectivity index (χ4v) is 5.49. The largest absolute Gasteiger partial charge is 0.479 e. The minimum Gasteiger partial charge on any atom is -0.479 e. The third-order valence-electron chi connectivity index (χ3n) is 7.77. The number of methoxy groups -OCH3 is 1. The van der Waals surface area contributed by atoms with Crippen molar-refractivity contribution < 1.29 is 14.2 Å². The lowest BCUT2D eigenvalue weighted by atomic mass is 9.87. The number of benzene rings is 1. The number of hydrogen-bond donors (Lipinski definition) is 1. The molecule has 12 heteroatoms. The number of nitrogens with one attached hydrogen (secondary N) is 1. The van der Waals surface area contributed by atoms with Gasteiger partial charge in [0.15, 0.2) is 5.65 Å². The molecule has 4 aromatic heterocycles. The molecule has 204 valence electrons. The molecule has 0 radical (unpaired) electrons. The van der Waals surface area contributed by atoms with Gasteiger partial charge < -0.3 is 24.4 Å². The highest BCUT2D eigenvalue weighted by Crippen LogP contribution is 2.43. The summed E-state index contributed by atoms with van der Waals surface area (Å²) >= 11 is 0. The van der Waals surface area contributed by atoms with Crippen molar-refractivity contribution in [2.45, 2.75) is 12.5 Å². The predicted octanol–water partition coefficient (Wildman–Crippen LogP) is 3.44. The van der Waals surface area contributed by atoms with Crippen molar-refractivity contribution in [3.05, 3.63) is 60.9 Å². The van der Waals surface area contributed by atoms with E-state index in [-0.39, 0.29) is 5.54 Å². The SMILES string of the molecule is COc1ncc2ncnc(Nc3ccc(Oc4ccn5ncnc5c4)c(C)c3)c2c1N1CC2(COCCN2C)C1. The molecule has 0 unspecified atom stereocenters. The van der Waals surface area contributed by atoms with Crippen LogP contribution in [0, 0.1) is 6.92 Å².